The molecule has 1 saturated heterocycles. The molecule has 1 unspecified atom stereocenters. The molecule has 0 aromatic heterocycles. The predicted molar refractivity (Wildman–Crippen MR) is 87.2 cm³/mol. The smallest absolute Gasteiger partial charge is 0.239 e. The van der Waals surface area contributed by atoms with E-state index < -0.39 is 0 Å². The van der Waals surface area contributed by atoms with E-state index in [2.05, 4.69) is 29.2 Å². The highest BCUT2D eigenvalue weighted by molar-refractivity contribution is 5.81. The van der Waals surface area contributed by atoms with Crippen LogP contribution < -0.4 is 10.6 Å². The van der Waals surface area contributed by atoms with Crippen molar-refractivity contribution < 1.29 is 4.79 Å². The molecule has 1 aromatic carbocycles. The minimum Gasteiger partial charge on any atom is -0.372 e. The van der Waals surface area contributed by atoms with E-state index in [0.29, 0.717) is 13.0 Å². The predicted octanol–water partition coefficient (Wildman–Crippen LogP) is 2.37. The van der Waals surface area contributed by atoms with Crippen molar-refractivity contribution in [1.82, 2.24) is 4.90 Å². The Labute approximate surface area is 127 Å². The number of rotatable bonds is 5. The molecule has 0 aliphatic carbocycles. The van der Waals surface area contributed by atoms with Crippen LogP contribution in [0.5, 0.6) is 0 Å². The van der Waals surface area contributed by atoms with Gasteiger partial charge in [0.25, 0.3) is 0 Å². The Morgan fingerprint density at radius 2 is 1.86 bits per heavy atom. The number of nitrogens with zero attached hydrogens (tertiary/aromatic N) is 2. The van der Waals surface area contributed by atoms with Crippen LogP contribution in [0.3, 0.4) is 0 Å². The van der Waals surface area contributed by atoms with Crippen molar-refractivity contribution in [3.05, 3.63) is 29.8 Å². The Morgan fingerprint density at radius 3 is 2.43 bits per heavy atom. The van der Waals surface area contributed by atoms with Gasteiger partial charge in [-0.15, -0.1) is 0 Å². The lowest BCUT2D eigenvalue weighted by molar-refractivity contribution is -0.131. The zero-order valence-electron chi connectivity index (χ0n) is 13.2. The second kappa shape index (κ2) is 7.46. The fraction of sp³-hybridized carbons (Fsp3) is 0.588. The summed E-state index contributed by atoms with van der Waals surface area (Å²) in [5.41, 5.74) is 8.23. The molecule has 1 atom stereocenters. The third-order valence-electron chi connectivity index (χ3n) is 4.21. The van der Waals surface area contributed by atoms with Gasteiger partial charge in [0.1, 0.15) is 0 Å². The van der Waals surface area contributed by atoms with E-state index in [4.69, 9.17) is 5.73 Å². The SMILES string of the molecule is CCC(N)C(=O)N(C)Cc1ccc(N2CCCCC2)cc1. The lowest BCUT2D eigenvalue weighted by atomic mass is 10.1. The van der Waals surface area contributed by atoms with Gasteiger partial charge in [-0.2, -0.15) is 0 Å². The highest BCUT2D eigenvalue weighted by Gasteiger charge is 2.16. The van der Waals surface area contributed by atoms with Gasteiger partial charge in [-0.1, -0.05) is 19.1 Å². The van der Waals surface area contributed by atoms with Crippen molar-refractivity contribution >= 4 is 11.6 Å². The van der Waals surface area contributed by atoms with Gasteiger partial charge in [0, 0.05) is 32.4 Å². The second-order valence-electron chi connectivity index (χ2n) is 5.92. The second-order valence-corrected chi connectivity index (χ2v) is 5.92. The number of carbonyl (C=O) groups is 1. The van der Waals surface area contributed by atoms with E-state index in [9.17, 15) is 4.79 Å². The molecule has 21 heavy (non-hydrogen) atoms. The third-order valence-corrected chi connectivity index (χ3v) is 4.21. The van der Waals surface area contributed by atoms with Crippen LogP contribution in [0.1, 0.15) is 38.2 Å². The highest BCUT2D eigenvalue weighted by Crippen LogP contribution is 2.20. The first kappa shape index (κ1) is 15.8. The van der Waals surface area contributed by atoms with E-state index in [0.717, 1.165) is 18.7 Å². The van der Waals surface area contributed by atoms with Crippen molar-refractivity contribution in [1.29, 1.82) is 0 Å². The molecule has 0 saturated carbocycles. The van der Waals surface area contributed by atoms with Crippen LogP contribution in [0.4, 0.5) is 5.69 Å². The molecule has 116 valence electrons. The number of hydrogen-bond donors (Lipinski definition) is 1. The van der Waals surface area contributed by atoms with E-state index in [1.807, 2.05) is 14.0 Å². The van der Waals surface area contributed by atoms with Crippen LogP contribution >= 0.6 is 0 Å². The van der Waals surface area contributed by atoms with Crippen LogP contribution in [0.25, 0.3) is 0 Å². The molecule has 0 bridgehead atoms. The Hall–Kier alpha value is -1.55. The maximum atomic E-state index is 12.0. The first-order valence-corrected chi connectivity index (χ1v) is 7.96. The summed E-state index contributed by atoms with van der Waals surface area (Å²) in [6.45, 7) is 4.86. The number of carbonyl (C=O) groups excluding carboxylic acids is 1. The summed E-state index contributed by atoms with van der Waals surface area (Å²) in [6, 6.07) is 8.18. The average molecular weight is 289 g/mol. The first-order valence-electron chi connectivity index (χ1n) is 7.96. The van der Waals surface area contributed by atoms with E-state index in [-0.39, 0.29) is 11.9 Å². The van der Waals surface area contributed by atoms with Gasteiger partial charge < -0.3 is 15.5 Å². The van der Waals surface area contributed by atoms with Gasteiger partial charge in [-0.3, -0.25) is 4.79 Å². The van der Waals surface area contributed by atoms with Gasteiger partial charge >= 0.3 is 0 Å². The third kappa shape index (κ3) is 4.21. The Bertz CT molecular complexity index is 452. The Morgan fingerprint density at radius 1 is 1.24 bits per heavy atom. The molecule has 1 aromatic rings. The van der Waals surface area contributed by atoms with Gasteiger partial charge in [-0.25, -0.2) is 0 Å². The number of piperidine rings is 1. The molecule has 0 spiro atoms. The molecule has 4 nitrogen and oxygen atoms in total. The Balaban J connectivity index is 1.94. The minimum absolute atomic E-state index is 0.0117. The maximum absolute atomic E-state index is 12.0. The molecule has 1 aliphatic rings. The van der Waals surface area contributed by atoms with Crippen molar-refractivity contribution in [3.8, 4) is 0 Å². The zero-order valence-corrected chi connectivity index (χ0v) is 13.2. The van der Waals surface area contributed by atoms with Gasteiger partial charge in [0.05, 0.1) is 6.04 Å². The molecule has 1 aliphatic heterocycles. The highest BCUT2D eigenvalue weighted by atomic mass is 16.2. The van der Waals surface area contributed by atoms with Crippen LogP contribution in [0.2, 0.25) is 0 Å². The lowest BCUT2D eigenvalue weighted by Gasteiger charge is -2.29. The molecule has 0 radical (unpaired) electrons. The van der Waals surface area contributed by atoms with E-state index in [1.54, 1.807) is 4.90 Å². The fourth-order valence-electron chi connectivity index (χ4n) is 2.77. The van der Waals surface area contributed by atoms with Crippen molar-refractivity contribution in [2.45, 2.75) is 45.2 Å². The molecule has 4 heteroatoms. The number of hydrogen-bond acceptors (Lipinski definition) is 3. The maximum Gasteiger partial charge on any atom is 0.239 e. The molecule has 1 heterocycles. The summed E-state index contributed by atoms with van der Waals surface area (Å²) in [5.74, 6) is 0.0117. The molecule has 2 rings (SSSR count). The van der Waals surface area contributed by atoms with Crippen LogP contribution in [0.15, 0.2) is 24.3 Å². The fourth-order valence-corrected chi connectivity index (χ4v) is 2.77. The summed E-state index contributed by atoms with van der Waals surface area (Å²) in [7, 11) is 1.82. The van der Waals surface area contributed by atoms with Crippen molar-refractivity contribution in [3.63, 3.8) is 0 Å². The molecule has 1 fully saturated rings. The lowest BCUT2D eigenvalue weighted by Crippen LogP contribution is -2.40. The van der Waals surface area contributed by atoms with E-state index >= 15 is 0 Å². The topological polar surface area (TPSA) is 49.6 Å². The van der Waals surface area contributed by atoms with Crippen molar-refractivity contribution in [2.24, 2.45) is 5.73 Å². The quantitative estimate of drug-likeness (QED) is 0.905. The summed E-state index contributed by atoms with van der Waals surface area (Å²) in [4.78, 5) is 16.1. The molecular formula is C17H27N3O. The minimum atomic E-state index is -0.386. The Kier molecular flexibility index (Phi) is 5.62. The molecular weight excluding hydrogens is 262 g/mol. The van der Waals surface area contributed by atoms with Gasteiger partial charge in [-0.05, 0) is 43.4 Å². The summed E-state index contributed by atoms with van der Waals surface area (Å²) in [5, 5.41) is 0. The van der Waals surface area contributed by atoms with Crippen molar-refractivity contribution in [2.75, 3.05) is 25.0 Å². The normalized spacial score (nSPS) is 16.6. The molecule has 2 N–H and O–H groups in total. The van der Waals surface area contributed by atoms with Crippen LogP contribution in [-0.2, 0) is 11.3 Å². The van der Waals surface area contributed by atoms with Gasteiger partial charge in [0.15, 0.2) is 0 Å². The zero-order chi connectivity index (χ0) is 15.2. The first-order chi connectivity index (χ1) is 10.1. The summed E-state index contributed by atoms with van der Waals surface area (Å²) < 4.78 is 0. The number of amides is 1. The number of nitrogens with two attached hydrogens (primary N) is 1. The number of anilines is 1. The number of likely N-dealkylation sites (N-methyl/N-ethyl adjacent to an activating group) is 1. The van der Waals surface area contributed by atoms with Gasteiger partial charge in [0.2, 0.25) is 5.91 Å². The monoisotopic (exact) mass is 289 g/mol. The van der Waals surface area contributed by atoms with Crippen LogP contribution in [0, 0.1) is 0 Å². The standard InChI is InChI=1S/C17H27N3O/c1-3-16(18)17(21)19(2)13-14-7-9-15(10-8-14)20-11-5-4-6-12-20/h7-10,16H,3-6,11-13,18H2,1-2H3. The average Bonchev–Trinajstić information content (AvgIpc) is 2.54. The van der Waals surface area contributed by atoms with Crippen LogP contribution in [-0.4, -0.2) is 37.0 Å². The summed E-state index contributed by atoms with van der Waals surface area (Å²) in [6.07, 6.45) is 4.60. The summed E-state index contributed by atoms with van der Waals surface area (Å²) >= 11 is 0. The van der Waals surface area contributed by atoms with E-state index in [1.165, 1.54) is 24.9 Å². The largest absolute Gasteiger partial charge is 0.372 e. The number of benzene rings is 1. The molecule has 1 amide bonds.